The topological polar surface area (TPSA) is 39.2 Å². The van der Waals surface area contributed by atoms with Crippen molar-refractivity contribution in [1.82, 2.24) is 4.98 Å². The first-order valence-corrected chi connectivity index (χ1v) is 12.7. The minimum absolute atomic E-state index is 0.816. The zero-order chi connectivity index (χ0) is 25.1. The van der Waals surface area contributed by atoms with Crippen molar-refractivity contribution in [1.29, 1.82) is 0 Å². The fourth-order valence-corrected chi connectivity index (χ4v) is 5.54. The van der Waals surface area contributed by atoms with Gasteiger partial charge in [-0.05, 0) is 47.0 Å². The Balaban J connectivity index is 1.25. The van der Waals surface area contributed by atoms with E-state index in [-0.39, 0.29) is 0 Å². The van der Waals surface area contributed by atoms with Gasteiger partial charge in [-0.1, -0.05) is 91.0 Å². The molecular weight excluding hydrogens is 466 g/mol. The smallest absolute Gasteiger partial charge is 0.161 e. The molecule has 0 N–H and O–H groups in total. The van der Waals surface area contributed by atoms with Gasteiger partial charge in [-0.15, -0.1) is 0 Å². The van der Waals surface area contributed by atoms with Gasteiger partial charge in [-0.3, -0.25) is 4.98 Å². The Labute approximate surface area is 218 Å². The van der Waals surface area contributed by atoms with Crippen LogP contribution < -0.4 is 0 Å². The minimum Gasteiger partial charge on any atom is -0.455 e. The van der Waals surface area contributed by atoms with Crippen molar-refractivity contribution >= 4 is 43.9 Å². The van der Waals surface area contributed by atoms with E-state index in [1.54, 1.807) is 0 Å². The number of furan rings is 2. The van der Waals surface area contributed by atoms with E-state index in [9.17, 15) is 0 Å². The fourth-order valence-electron chi connectivity index (χ4n) is 5.54. The third-order valence-electron chi connectivity index (χ3n) is 7.34. The Hall–Kier alpha value is -5.15. The molecule has 38 heavy (non-hydrogen) atoms. The van der Waals surface area contributed by atoms with Crippen molar-refractivity contribution in [3.63, 3.8) is 0 Å². The van der Waals surface area contributed by atoms with Crippen molar-refractivity contribution in [2.24, 2.45) is 0 Å². The molecule has 178 valence electrons. The van der Waals surface area contributed by atoms with Crippen LogP contribution in [0.1, 0.15) is 0 Å². The highest BCUT2D eigenvalue weighted by molar-refractivity contribution is 6.10. The fraction of sp³-hybridized carbons (Fsp3) is 0. The number of aromatic nitrogens is 1. The summed E-state index contributed by atoms with van der Waals surface area (Å²) in [6.07, 6.45) is 1.86. The number of rotatable bonds is 3. The van der Waals surface area contributed by atoms with Crippen LogP contribution in [0.3, 0.4) is 0 Å². The van der Waals surface area contributed by atoms with Gasteiger partial charge in [-0.25, -0.2) is 0 Å². The summed E-state index contributed by atoms with van der Waals surface area (Å²) in [5.74, 6) is 0. The maximum absolute atomic E-state index is 6.31. The summed E-state index contributed by atoms with van der Waals surface area (Å²) in [6, 6.07) is 41.9. The molecule has 0 radical (unpaired) electrons. The zero-order valence-corrected chi connectivity index (χ0v) is 20.4. The first kappa shape index (κ1) is 21.0. The van der Waals surface area contributed by atoms with E-state index < -0.39 is 0 Å². The molecule has 3 heterocycles. The highest BCUT2D eigenvalue weighted by atomic mass is 16.3. The quantitative estimate of drug-likeness (QED) is 0.249. The Kier molecular flexibility index (Phi) is 4.52. The van der Waals surface area contributed by atoms with Crippen LogP contribution in [0.15, 0.2) is 136 Å². The average Bonchev–Trinajstić information content (AvgIpc) is 3.56. The van der Waals surface area contributed by atoms with Gasteiger partial charge in [0.15, 0.2) is 5.58 Å². The van der Waals surface area contributed by atoms with Gasteiger partial charge in [0, 0.05) is 38.9 Å². The molecule has 0 saturated carbocycles. The van der Waals surface area contributed by atoms with Crippen LogP contribution >= 0.6 is 0 Å². The normalized spacial score (nSPS) is 11.7. The Bertz CT molecular complexity index is 1990. The highest BCUT2D eigenvalue weighted by Gasteiger charge is 2.15. The van der Waals surface area contributed by atoms with Crippen molar-refractivity contribution in [2.75, 3.05) is 0 Å². The number of fused-ring (bicyclic) bond motifs is 6. The molecule has 0 fully saturated rings. The Morgan fingerprint density at radius 2 is 0.974 bits per heavy atom. The molecule has 3 aromatic heterocycles. The molecule has 5 aromatic carbocycles. The van der Waals surface area contributed by atoms with Gasteiger partial charge in [0.25, 0.3) is 0 Å². The molecule has 3 heteroatoms. The first-order valence-electron chi connectivity index (χ1n) is 12.7. The maximum atomic E-state index is 6.31. The maximum Gasteiger partial charge on any atom is 0.161 e. The zero-order valence-electron chi connectivity index (χ0n) is 20.4. The summed E-state index contributed by atoms with van der Waals surface area (Å²) in [7, 11) is 0. The molecule has 8 aromatic rings. The Morgan fingerprint density at radius 3 is 1.74 bits per heavy atom. The van der Waals surface area contributed by atoms with Crippen LogP contribution in [0, 0.1) is 0 Å². The molecule has 0 aliphatic heterocycles. The molecule has 0 aliphatic carbocycles. The molecule has 0 saturated heterocycles. The SMILES string of the molecule is c1cc(-c2cccc(-c3nccc4c3oc3ccccc34)c2)cc(-c2cccc3c2oc2ccccc23)c1. The van der Waals surface area contributed by atoms with Crippen LogP contribution in [0.5, 0.6) is 0 Å². The standard InChI is InChI=1S/C35H21NO2/c1-3-16-31-27(12-1)29-15-7-14-26(34(29)37-31)24-10-5-8-22(20-24)23-9-6-11-25(21-23)33-35-30(18-19-36-33)28-13-2-4-17-32(28)38-35/h1-21H. The molecule has 0 atom stereocenters. The van der Waals surface area contributed by atoms with Crippen molar-refractivity contribution in [3.8, 4) is 33.5 Å². The van der Waals surface area contributed by atoms with Gasteiger partial charge in [0.2, 0.25) is 0 Å². The number of benzene rings is 5. The van der Waals surface area contributed by atoms with Crippen molar-refractivity contribution in [3.05, 3.63) is 128 Å². The molecule has 0 aliphatic rings. The van der Waals surface area contributed by atoms with Gasteiger partial charge >= 0.3 is 0 Å². The van der Waals surface area contributed by atoms with Crippen LogP contribution in [0.2, 0.25) is 0 Å². The Morgan fingerprint density at radius 1 is 0.421 bits per heavy atom. The molecule has 0 amide bonds. The predicted octanol–water partition coefficient (Wildman–Crippen LogP) is 9.88. The summed E-state index contributed by atoms with van der Waals surface area (Å²) in [5.41, 5.74) is 9.86. The van der Waals surface area contributed by atoms with Crippen LogP contribution in [-0.2, 0) is 0 Å². The molecule has 0 spiro atoms. The van der Waals surface area contributed by atoms with Gasteiger partial charge < -0.3 is 8.83 Å². The summed E-state index contributed by atoms with van der Waals surface area (Å²) in [4.78, 5) is 4.72. The van der Waals surface area contributed by atoms with E-state index in [4.69, 9.17) is 13.8 Å². The lowest BCUT2D eigenvalue weighted by Gasteiger charge is -2.09. The van der Waals surface area contributed by atoms with E-state index in [1.165, 1.54) is 0 Å². The molecule has 0 unspecified atom stereocenters. The average molecular weight is 488 g/mol. The number of nitrogens with zero attached hydrogens (tertiary/aromatic N) is 1. The van der Waals surface area contributed by atoms with Crippen molar-refractivity contribution < 1.29 is 8.83 Å². The third kappa shape index (κ3) is 3.19. The largest absolute Gasteiger partial charge is 0.455 e. The van der Waals surface area contributed by atoms with E-state index in [0.29, 0.717) is 0 Å². The monoisotopic (exact) mass is 487 g/mol. The summed E-state index contributed by atoms with van der Waals surface area (Å²) in [6.45, 7) is 0. The van der Waals surface area contributed by atoms with Gasteiger partial charge in [0.1, 0.15) is 22.4 Å². The summed E-state index contributed by atoms with van der Waals surface area (Å²) >= 11 is 0. The van der Waals surface area contributed by atoms with E-state index in [1.807, 2.05) is 42.6 Å². The molecule has 3 nitrogen and oxygen atoms in total. The number of pyridine rings is 1. The predicted molar refractivity (Wildman–Crippen MR) is 155 cm³/mol. The lowest BCUT2D eigenvalue weighted by Crippen LogP contribution is -1.86. The highest BCUT2D eigenvalue weighted by Crippen LogP contribution is 2.38. The second-order valence-corrected chi connectivity index (χ2v) is 9.58. The summed E-state index contributed by atoms with van der Waals surface area (Å²) < 4.78 is 12.6. The van der Waals surface area contributed by atoms with Crippen LogP contribution in [0.25, 0.3) is 77.4 Å². The van der Waals surface area contributed by atoms with Crippen molar-refractivity contribution in [2.45, 2.75) is 0 Å². The van der Waals surface area contributed by atoms with Gasteiger partial charge in [-0.2, -0.15) is 0 Å². The van der Waals surface area contributed by atoms with E-state index in [2.05, 4.69) is 84.9 Å². The first-order chi connectivity index (χ1) is 18.8. The van der Waals surface area contributed by atoms with Crippen LogP contribution in [0.4, 0.5) is 0 Å². The second kappa shape index (κ2) is 8.19. The molecule has 0 bridgehead atoms. The molecular formula is C35H21NO2. The summed E-state index contributed by atoms with van der Waals surface area (Å²) in [5, 5.41) is 4.46. The van der Waals surface area contributed by atoms with E-state index >= 15 is 0 Å². The lowest BCUT2D eigenvalue weighted by molar-refractivity contribution is 0.668. The van der Waals surface area contributed by atoms with Gasteiger partial charge in [0.05, 0.1) is 0 Å². The third-order valence-corrected chi connectivity index (χ3v) is 7.34. The lowest BCUT2D eigenvalue weighted by atomic mass is 9.96. The van der Waals surface area contributed by atoms with E-state index in [0.717, 1.165) is 77.4 Å². The van der Waals surface area contributed by atoms with Crippen LogP contribution in [-0.4, -0.2) is 4.98 Å². The second-order valence-electron chi connectivity index (χ2n) is 9.58. The molecule has 8 rings (SSSR count). The minimum atomic E-state index is 0.816. The number of hydrogen-bond acceptors (Lipinski definition) is 3. The number of hydrogen-bond donors (Lipinski definition) is 0. The number of para-hydroxylation sites is 3.